The third kappa shape index (κ3) is 3.22. The number of carbonyl (C=O) groups is 1. The first-order chi connectivity index (χ1) is 11.5. The van der Waals surface area contributed by atoms with Gasteiger partial charge in [0, 0.05) is 19.1 Å². The molecule has 24 heavy (non-hydrogen) atoms. The Labute approximate surface area is 146 Å². The SMILES string of the molecule is C[C@H](Sc1nnc(-c2ccco2)n1C)C(=O)N1[C@H](C)CCC[C@H]1C. The van der Waals surface area contributed by atoms with E-state index in [1.807, 2.05) is 35.6 Å². The Morgan fingerprint density at radius 3 is 2.67 bits per heavy atom. The van der Waals surface area contributed by atoms with Crippen LogP contribution in [0.4, 0.5) is 0 Å². The molecule has 1 saturated heterocycles. The molecule has 1 amide bonds. The maximum Gasteiger partial charge on any atom is 0.236 e. The molecule has 3 heterocycles. The van der Waals surface area contributed by atoms with Crippen LogP contribution in [0.1, 0.15) is 40.0 Å². The Morgan fingerprint density at radius 1 is 1.33 bits per heavy atom. The van der Waals surface area contributed by atoms with Gasteiger partial charge in [0.15, 0.2) is 16.7 Å². The van der Waals surface area contributed by atoms with Gasteiger partial charge in [-0.3, -0.25) is 4.79 Å². The van der Waals surface area contributed by atoms with Gasteiger partial charge in [0.2, 0.25) is 5.91 Å². The van der Waals surface area contributed by atoms with Gasteiger partial charge in [-0.1, -0.05) is 11.8 Å². The molecule has 1 fully saturated rings. The summed E-state index contributed by atoms with van der Waals surface area (Å²) in [6.07, 6.45) is 4.98. The van der Waals surface area contributed by atoms with E-state index in [0.29, 0.717) is 23.7 Å². The average molecular weight is 348 g/mol. The lowest BCUT2D eigenvalue weighted by Crippen LogP contribution is -2.50. The van der Waals surface area contributed by atoms with Gasteiger partial charge in [-0.2, -0.15) is 0 Å². The van der Waals surface area contributed by atoms with Crippen molar-refractivity contribution >= 4 is 17.7 Å². The second kappa shape index (κ2) is 7.01. The summed E-state index contributed by atoms with van der Waals surface area (Å²) in [7, 11) is 1.89. The van der Waals surface area contributed by atoms with Crippen LogP contribution >= 0.6 is 11.8 Å². The molecule has 2 aromatic heterocycles. The summed E-state index contributed by atoms with van der Waals surface area (Å²) in [4.78, 5) is 14.9. The number of rotatable bonds is 4. The summed E-state index contributed by atoms with van der Waals surface area (Å²) in [6, 6.07) is 4.29. The molecule has 0 saturated carbocycles. The largest absolute Gasteiger partial charge is 0.461 e. The number of carbonyl (C=O) groups excluding carboxylic acids is 1. The minimum atomic E-state index is -0.194. The predicted octanol–water partition coefficient (Wildman–Crippen LogP) is 3.35. The molecular formula is C17H24N4O2S. The second-order valence-electron chi connectivity index (χ2n) is 6.48. The molecule has 2 aromatic rings. The van der Waals surface area contributed by atoms with E-state index < -0.39 is 0 Å². The van der Waals surface area contributed by atoms with Crippen molar-refractivity contribution in [2.75, 3.05) is 0 Å². The van der Waals surface area contributed by atoms with Gasteiger partial charge in [-0.15, -0.1) is 10.2 Å². The van der Waals surface area contributed by atoms with Crippen LogP contribution in [0.2, 0.25) is 0 Å². The molecule has 3 atom stereocenters. The Balaban J connectivity index is 1.73. The second-order valence-corrected chi connectivity index (χ2v) is 7.78. The van der Waals surface area contributed by atoms with Crippen molar-refractivity contribution in [2.24, 2.45) is 7.05 Å². The van der Waals surface area contributed by atoms with Crippen LogP contribution in [0.3, 0.4) is 0 Å². The third-order valence-corrected chi connectivity index (χ3v) is 5.78. The van der Waals surface area contributed by atoms with E-state index in [1.54, 1.807) is 6.26 Å². The summed E-state index contributed by atoms with van der Waals surface area (Å²) in [5.74, 6) is 1.53. The van der Waals surface area contributed by atoms with Crippen LogP contribution in [0.5, 0.6) is 0 Å². The zero-order valence-electron chi connectivity index (χ0n) is 14.6. The van der Waals surface area contributed by atoms with Crippen LogP contribution in [-0.4, -0.2) is 42.9 Å². The molecule has 0 N–H and O–H groups in total. The van der Waals surface area contributed by atoms with E-state index in [4.69, 9.17) is 4.42 Å². The molecule has 3 rings (SSSR count). The Bertz CT molecular complexity index is 688. The molecular weight excluding hydrogens is 324 g/mol. The quantitative estimate of drug-likeness (QED) is 0.793. The molecule has 0 aliphatic carbocycles. The number of piperidine rings is 1. The Morgan fingerprint density at radius 2 is 2.04 bits per heavy atom. The fraction of sp³-hybridized carbons (Fsp3) is 0.588. The van der Waals surface area contributed by atoms with E-state index >= 15 is 0 Å². The Hall–Kier alpha value is -1.76. The highest BCUT2D eigenvalue weighted by molar-refractivity contribution is 8.00. The first-order valence-corrected chi connectivity index (χ1v) is 9.29. The number of furan rings is 1. The molecule has 0 radical (unpaired) electrons. The van der Waals surface area contributed by atoms with Crippen LogP contribution in [0.25, 0.3) is 11.6 Å². The van der Waals surface area contributed by atoms with Gasteiger partial charge in [-0.05, 0) is 52.2 Å². The van der Waals surface area contributed by atoms with Crippen LogP contribution in [0, 0.1) is 0 Å². The number of hydrogen-bond donors (Lipinski definition) is 0. The molecule has 0 unspecified atom stereocenters. The maximum atomic E-state index is 12.9. The molecule has 6 nitrogen and oxygen atoms in total. The highest BCUT2D eigenvalue weighted by Crippen LogP contribution is 2.30. The van der Waals surface area contributed by atoms with E-state index in [-0.39, 0.29) is 11.2 Å². The average Bonchev–Trinajstić information content (AvgIpc) is 3.17. The van der Waals surface area contributed by atoms with Crippen molar-refractivity contribution < 1.29 is 9.21 Å². The van der Waals surface area contributed by atoms with Crippen molar-refractivity contribution in [3.05, 3.63) is 18.4 Å². The van der Waals surface area contributed by atoms with Gasteiger partial charge in [0.1, 0.15) is 0 Å². The molecule has 0 bridgehead atoms. The number of nitrogens with zero attached hydrogens (tertiary/aromatic N) is 4. The molecule has 1 aliphatic rings. The summed E-state index contributed by atoms with van der Waals surface area (Å²) in [5.41, 5.74) is 0. The van der Waals surface area contributed by atoms with Crippen molar-refractivity contribution in [3.8, 4) is 11.6 Å². The predicted molar refractivity (Wildman–Crippen MR) is 93.6 cm³/mol. The van der Waals surface area contributed by atoms with Gasteiger partial charge >= 0.3 is 0 Å². The molecule has 7 heteroatoms. The fourth-order valence-electron chi connectivity index (χ4n) is 3.31. The van der Waals surface area contributed by atoms with Crippen molar-refractivity contribution in [1.82, 2.24) is 19.7 Å². The van der Waals surface area contributed by atoms with Crippen LogP contribution in [0.15, 0.2) is 28.0 Å². The number of thioether (sulfide) groups is 1. The lowest BCUT2D eigenvalue weighted by atomic mass is 9.97. The topological polar surface area (TPSA) is 64.2 Å². The normalized spacial score (nSPS) is 22.6. The number of aromatic nitrogens is 3. The number of amides is 1. The minimum Gasteiger partial charge on any atom is -0.461 e. The summed E-state index contributed by atoms with van der Waals surface area (Å²) in [5, 5.41) is 8.94. The molecule has 1 aliphatic heterocycles. The van der Waals surface area contributed by atoms with Gasteiger partial charge in [-0.25, -0.2) is 0 Å². The third-order valence-electron chi connectivity index (χ3n) is 4.65. The van der Waals surface area contributed by atoms with Gasteiger partial charge in [0.25, 0.3) is 0 Å². The maximum absolute atomic E-state index is 12.9. The monoisotopic (exact) mass is 348 g/mol. The van der Waals surface area contributed by atoms with Gasteiger partial charge in [0.05, 0.1) is 11.5 Å². The standard InChI is InChI=1S/C17H24N4O2S/c1-11-7-5-8-12(2)21(11)16(22)13(3)24-17-19-18-15(20(17)4)14-9-6-10-23-14/h6,9-13H,5,7-8H2,1-4H3/t11-,12-,13+/m1/s1. The molecule has 0 aromatic carbocycles. The first-order valence-electron chi connectivity index (χ1n) is 8.41. The van der Waals surface area contributed by atoms with Crippen molar-refractivity contribution in [1.29, 1.82) is 0 Å². The van der Waals surface area contributed by atoms with E-state index in [0.717, 1.165) is 18.0 Å². The zero-order valence-corrected chi connectivity index (χ0v) is 15.4. The number of likely N-dealkylation sites (tertiary alicyclic amines) is 1. The summed E-state index contributed by atoms with van der Waals surface area (Å²) >= 11 is 1.45. The zero-order chi connectivity index (χ0) is 17.3. The lowest BCUT2D eigenvalue weighted by Gasteiger charge is -2.40. The van der Waals surface area contributed by atoms with Crippen LogP contribution in [-0.2, 0) is 11.8 Å². The van der Waals surface area contributed by atoms with Crippen LogP contribution < -0.4 is 0 Å². The van der Waals surface area contributed by atoms with E-state index in [2.05, 4.69) is 24.0 Å². The smallest absolute Gasteiger partial charge is 0.236 e. The summed E-state index contributed by atoms with van der Waals surface area (Å²) in [6.45, 7) is 6.23. The minimum absolute atomic E-state index is 0.183. The number of hydrogen-bond acceptors (Lipinski definition) is 5. The van der Waals surface area contributed by atoms with Crippen molar-refractivity contribution in [2.45, 2.75) is 62.5 Å². The van der Waals surface area contributed by atoms with E-state index in [1.165, 1.54) is 18.2 Å². The highest BCUT2D eigenvalue weighted by Gasteiger charge is 2.32. The molecule has 0 spiro atoms. The lowest BCUT2D eigenvalue weighted by molar-refractivity contribution is -0.136. The highest BCUT2D eigenvalue weighted by atomic mass is 32.2. The Kier molecular flexibility index (Phi) is 4.99. The van der Waals surface area contributed by atoms with Crippen molar-refractivity contribution in [3.63, 3.8) is 0 Å². The van der Waals surface area contributed by atoms with Gasteiger partial charge < -0.3 is 13.9 Å². The first kappa shape index (κ1) is 17.1. The summed E-state index contributed by atoms with van der Waals surface area (Å²) < 4.78 is 7.25. The fourth-order valence-corrected chi connectivity index (χ4v) is 4.18. The van der Waals surface area contributed by atoms with E-state index in [9.17, 15) is 4.79 Å². The molecule has 130 valence electrons.